The monoisotopic (exact) mass is 713 g/mol. The first kappa shape index (κ1) is 38.6. The molecule has 0 bridgehead atoms. The van der Waals surface area contributed by atoms with Crippen molar-refractivity contribution >= 4 is 44.6 Å². The van der Waals surface area contributed by atoms with Crippen LogP contribution >= 0.6 is 0 Å². The summed E-state index contributed by atoms with van der Waals surface area (Å²) in [5.41, 5.74) is -2.19. The fourth-order valence-corrected chi connectivity index (χ4v) is 7.24. The number of rotatable bonds is 12. The molecule has 1 aromatic heterocycles. The number of aryl methyl sites for hydroxylation is 1. The Morgan fingerprint density at radius 2 is 1.76 bits per heavy atom. The average molecular weight is 714 g/mol. The molecule has 1 aliphatic carbocycles. The van der Waals surface area contributed by atoms with Gasteiger partial charge in [-0.05, 0) is 81.9 Å². The molecule has 4 atom stereocenters. The van der Waals surface area contributed by atoms with E-state index in [4.69, 9.17) is 9.47 Å². The molecule has 2 heterocycles. The molecular formula is C36H51N5O8S. The summed E-state index contributed by atoms with van der Waals surface area (Å²) in [4.78, 5) is 60.7. The fraction of sp³-hybridized carbons (Fsp3) is 0.583. The molecule has 2 aromatic rings. The van der Waals surface area contributed by atoms with Crippen molar-refractivity contribution < 1.29 is 37.1 Å². The number of nitrogens with zero attached hydrogens (tertiary/aromatic N) is 2. The van der Waals surface area contributed by atoms with Crippen molar-refractivity contribution in [2.75, 3.05) is 6.54 Å². The number of carbonyl (C=O) groups is 4. The summed E-state index contributed by atoms with van der Waals surface area (Å²) in [6.45, 7) is 17.6. The first-order valence-electron chi connectivity index (χ1n) is 17.0. The van der Waals surface area contributed by atoms with Gasteiger partial charge >= 0.3 is 6.09 Å². The molecule has 1 saturated heterocycles. The Hall–Kier alpha value is -4.20. The van der Waals surface area contributed by atoms with Crippen LogP contribution in [0.25, 0.3) is 10.8 Å². The zero-order chi connectivity index (χ0) is 37.2. The number of aromatic nitrogens is 1. The van der Waals surface area contributed by atoms with Gasteiger partial charge in [0.2, 0.25) is 27.7 Å². The zero-order valence-electron chi connectivity index (χ0n) is 30.3. The van der Waals surface area contributed by atoms with E-state index in [1.54, 1.807) is 47.7 Å². The van der Waals surface area contributed by atoms with Crippen LogP contribution in [-0.4, -0.2) is 83.2 Å². The van der Waals surface area contributed by atoms with Crippen LogP contribution in [0.2, 0.25) is 0 Å². The summed E-state index contributed by atoms with van der Waals surface area (Å²) in [5.74, 6) is -1.83. The summed E-state index contributed by atoms with van der Waals surface area (Å²) in [7, 11) is -3.91. The molecular weight excluding hydrogens is 662 g/mol. The Morgan fingerprint density at radius 1 is 1.08 bits per heavy atom. The van der Waals surface area contributed by atoms with E-state index in [0.717, 1.165) is 22.8 Å². The quantitative estimate of drug-likeness (QED) is 0.273. The summed E-state index contributed by atoms with van der Waals surface area (Å²) in [6, 6.07) is 5.58. The minimum absolute atomic E-state index is 0.0259. The number of hydrogen-bond donors (Lipinski definition) is 3. The third-order valence-corrected chi connectivity index (χ3v) is 10.6. The highest BCUT2D eigenvalue weighted by Crippen LogP contribution is 2.32. The van der Waals surface area contributed by atoms with E-state index in [2.05, 4.69) is 39.9 Å². The molecule has 1 aliphatic heterocycles. The van der Waals surface area contributed by atoms with Crippen molar-refractivity contribution in [1.82, 2.24) is 25.2 Å². The van der Waals surface area contributed by atoms with Crippen molar-refractivity contribution in [3.05, 3.63) is 48.7 Å². The number of fused-ring (bicyclic) bond motifs is 1. The van der Waals surface area contributed by atoms with E-state index in [9.17, 15) is 27.6 Å². The molecule has 0 spiro atoms. The average Bonchev–Trinajstić information content (AvgIpc) is 3.79. The van der Waals surface area contributed by atoms with Gasteiger partial charge in [-0.15, -0.1) is 6.58 Å². The van der Waals surface area contributed by atoms with Crippen molar-refractivity contribution in [2.45, 2.75) is 122 Å². The van der Waals surface area contributed by atoms with Gasteiger partial charge in [0.1, 0.15) is 29.3 Å². The molecule has 50 heavy (non-hydrogen) atoms. The van der Waals surface area contributed by atoms with Crippen LogP contribution in [0.15, 0.2) is 43.1 Å². The van der Waals surface area contributed by atoms with Crippen LogP contribution in [0, 0.1) is 5.41 Å². The Balaban J connectivity index is 1.67. The van der Waals surface area contributed by atoms with Gasteiger partial charge in [0.05, 0.1) is 11.8 Å². The van der Waals surface area contributed by atoms with Crippen LogP contribution in [0.5, 0.6) is 5.88 Å². The van der Waals surface area contributed by atoms with E-state index in [0.29, 0.717) is 18.7 Å². The molecule has 1 aromatic carbocycles. The van der Waals surface area contributed by atoms with Gasteiger partial charge in [-0.3, -0.25) is 19.1 Å². The lowest BCUT2D eigenvalue weighted by atomic mass is 9.85. The predicted octanol–water partition coefficient (Wildman–Crippen LogP) is 4.14. The van der Waals surface area contributed by atoms with Gasteiger partial charge in [0.15, 0.2) is 0 Å². The van der Waals surface area contributed by atoms with Crippen LogP contribution in [0.3, 0.4) is 0 Å². The number of pyridine rings is 1. The molecule has 4 rings (SSSR count). The first-order chi connectivity index (χ1) is 23.2. The van der Waals surface area contributed by atoms with Crippen LogP contribution in [0.1, 0.15) is 86.6 Å². The number of hydrogen-bond acceptors (Lipinski definition) is 9. The van der Waals surface area contributed by atoms with Gasteiger partial charge in [-0.2, -0.15) is 0 Å². The molecule has 13 nitrogen and oxygen atoms in total. The number of nitrogens with one attached hydrogen (secondary N) is 3. The second-order valence-corrected chi connectivity index (χ2v) is 17.4. The number of alkyl carbamates (subject to hydrolysis) is 1. The Bertz CT molecular complexity index is 1740. The third-order valence-electron chi connectivity index (χ3n) is 8.75. The fourth-order valence-electron chi connectivity index (χ4n) is 5.83. The van der Waals surface area contributed by atoms with Crippen molar-refractivity contribution in [1.29, 1.82) is 0 Å². The maximum Gasteiger partial charge on any atom is 0.408 e. The van der Waals surface area contributed by atoms with Crippen molar-refractivity contribution in [2.24, 2.45) is 5.41 Å². The molecule has 1 saturated carbocycles. The van der Waals surface area contributed by atoms with Crippen LogP contribution in [0.4, 0.5) is 4.79 Å². The highest BCUT2D eigenvalue weighted by Gasteiger charge is 2.48. The highest BCUT2D eigenvalue weighted by molar-refractivity contribution is 7.91. The molecule has 14 heteroatoms. The molecule has 2 fully saturated rings. The number of sulfonamides is 1. The normalized spacial score (nSPS) is 20.0. The summed E-state index contributed by atoms with van der Waals surface area (Å²) >= 11 is 0. The smallest absolute Gasteiger partial charge is 0.408 e. The Morgan fingerprint density at radius 3 is 2.34 bits per heavy atom. The van der Waals surface area contributed by atoms with E-state index in [1.807, 2.05) is 18.2 Å². The second kappa shape index (κ2) is 14.6. The summed E-state index contributed by atoms with van der Waals surface area (Å²) < 4.78 is 39.2. The van der Waals surface area contributed by atoms with Gasteiger partial charge in [-0.1, -0.05) is 45.9 Å². The number of amides is 4. The van der Waals surface area contributed by atoms with Gasteiger partial charge in [0, 0.05) is 18.0 Å². The Kier molecular flexibility index (Phi) is 11.2. The zero-order valence-corrected chi connectivity index (χ0v) is 31.1. The van der Waals surface area contributed by atoms with E-state index < -0.39 is 73.8 Å². The lowest BCUT2D eigenvalue weighted by molar-refractivity contribution is -0.143. The molecule has 3 N–H and O–H groups in total. The number of benzene rings is 1. The predicted molar refractivity (Wildman–Crippen MR) is 190 cm³/mol. The molecule has 0 radical (unpaired) electrons. The standard InChI is InChI=1S/C36H51N5O8S/c1-10-17-36(9,32(44)40-50(46,47)25-13-14-25)39-29(42)27-20-24(48-30-26-15-12-22(11-2)19-23(26)16-18-37-30)21-41(27)31(43)28(34(3,4)5)38-33(45)49-35(6,7)8/h10,12,15-16,18-19,24-25,27-28H,1,11,13-14,17,20-21H2,2-9H3,(H,38,45)(H,39,42)(H,40,44)/t24-,27+,28-,36+/m1/s1. The Labute approximate surface area is 295 Å². The minimum atomic E-state index is -3.91. The topological polar surface area (TPSA) is 173 Å². The molecule has 4 amide bonds. The largest absolute Gasteiger partial charge is 0.472 e. The van der Waals surface area contributed by atoms with Crippen molar-refractivity contribution in [3.8, 4) is 5.88 Å². The minimum Gasteiger partial charge on any atom is -0.472 e. The van der Waals surface area contributed by atoms with Gasteiger partial charge < -0.3 is 25.0 Å². The SMILES string of the molecule is C=CC[C@](C)(NC(=O)[C@@H]1C[C@@H](Oc2nccc3cc(CC)ccc23)CN1C(=O)[C@@H](NC(=O)OC(C)(C)C)C(C)(C)C)C(=O)NS(=O)(=O)C1CC1. The first-order valence-corrected chi connectivity index (χ1v) is 18.6. The molecule has 274 valence electrons. The summed E-state index contributed by atoms with van der Waals surface area (Å²) in [6.07, 6.45) is 3.24. The van der Waals surface area contributed by atoms with Crippen molar-refractivity contribution in [3.63, 3.8) is 0 Å². The molecule has 2 aliphatic rings. The second-order valence-electron chi connectivity index (χ2n) is 15.4. The molecule has 0 unspecified atom stereocenters. The lowest BCUT2D eigenvalue weighted by Gasteiger charge is -2.36. The number of likely N-dealkylation sites (tertiary alicyclic amines) is 1. The number of ether oxygens (including phenoxy) is 2. The summed E-state index contributed by atoms with van der Waals surface area (Å²) in [5, 5.41) is 6.45. The maximum atomic E-state index is 14.4. The van der Waals surface area contributed by atoms with Gasteiger partial charge in [-0.25, -0.2) is 18.2 Å². The van der Waals surface area contributed by atoms with Crippen LogP contribution < -0.4 is 20.1 Å². The van der Waals surface area contributed by atoms with Gasteiger partial charge in [0.25, 0.3) is 5.91 Å². The highest BCUT2D eigenvalue weighted by atomic mass is 32.2. The van der Waals surface area contributed by atoms with E-state index >= 15 is 0 Å². The lowest BCUT2D eigenvalue weighted by Crippen LogP contribution is -2.62. The van der Waals surface area contributed by atoms with Crippen LogP contribution in [-0.2, 0) is 35.6 Å². The van der Waals surface area contributed by atoms with E-state index in [-0.39, 0.29) is 19.4 Å². The number of carbonyl (C=O) groups excluding carboxylic acids is 4. The maximum absolute atomic E-state index is 14.4. The van der Waals surface area contributed by atoms with E-state index in [1.165, 1.54) is 17.9 Å². The third kappa shape index (κ3) is 9.32.